The van der Waals surface area contributed by atoms with Crippen molar-refractivity contribution < 1.29 is 13.2 Å². The summed E-state index contributed by atoms with van der Waals surface area (Å²) in [5.41, 5.74) is 2.33. The number of likely N-dealkylation sites (N-methyl/N-ethyl adjacent to an activating group) is 1. The molecule has 2 fully saturated rings. The SMILES string of the molecule is CN1CCN(c2nc3c(c(NCCNS(=O)(=O)N4CCOCC4)n2)CCCC3)CC1. The van der Waals surface area contributed by atoms with E-state index in [1.165, 1.54) is 9.87 Å². The van der Waals surface area contributed by atoms with E-state index in [9.17, 15) is 8.42 Å². The van der Waals surface area contributed by atoms with E-state index in [4.69, 9.17) is 14.7 Å². The van der Waals surface area contributed by atoms with Crippen molar-refractivity contribution in [3.8, 4) is 0 Å². The Kier molecular flexibility index (Phi) is 7.04. The van der Waals surface area contributed by atoms with Gasteiger partial charge in [-0.25, -0.2) is 9.71 Å². The summed E-state index contributed by atoms with van der Waals surface area (Å²) in [6.45, 7) is 6.34. The average molecular weight is 440 g/mol. The van der Waals surface area contributed by atoms with Crippen molar-refractivity contribution in [2.24, 2.45) is 0 Å². The van der Waals surface area contributed by atoms with E-state index in [0.29, 0.717) is 39.4 Å². The number of anilines is 2. The molecule has 4 rings (SSSR count). The second kappa shape index (κ2) is 9.73. The van der Waals surface area contributed by atoms with Crippen molar-refractivity contribution in [3.05, 3.63) is 11.3 Å². The minimum Gasteiger partial charge on any atom is -0.379 e. The van der Waals surface area contributed by atoms with Crippen LogP contribution < -0.4 is 14.9 Å². The highest BCUT2D eigenvalue weighted by Gasteiger charge is 2.24. The van der Waals surface area contributed by atoms with Crippen LogP contribution in [0, 0.1) is 0 Å². The van der Waals surface area contributed by atoms with Crippen LogP contribution in [0.4, 0.5) is 11.8 Å². The van der Waals surface area contributed by atoms with Gasteiger partial charge in [0.05, 0.1) is 18.9 Å². The van der Waals surface area contributed by atoms with Gasteiger partial charge >= 0.3 is 0 Å². The number of aromatic nitrogens is 2. The summed E-state index contributed by atoms with van der Waals surface area (Å²) in [5.74, 6) is 1.65. The first kappa shape index (κ1) is 21.7. The lowest BCUT2D eigenvalue weighted by Crippen LogP contribution is -2.47. The fourth-order valence-corrected chi connectivity index (χ4v) is 5.29. The highest BCUT2D eigenvalue weighted by molar-refractivity contribution is 7.87. The minimum atomic E-state index is -3.47. The summed E-state index contributed by atoms with van der Waals surface area (Å²) in [5, 5.41) is 3.38. The van der Waals surface area contributed by atoms with Crippen LogP contribution in [0.2, 0.25) is 0 Å². The van der Waals surface area contributed by atoms with Gasteiger partial charge < -0.3 is 19.9 Å². The van der Waals surface area contributed by atoms with Crippen LogP contribution in [0.15, 0.2) is 0 Å². The van der Waals surface area contributed by atoms with Gasteiger partial charge in [0.15, 0.2) is 0 Å². The number of morpholine rings is 1. The Labute approximate surface area is 179 Å². The molecule has 2 N–H and O–H groups in total. The van der Waals surface area contributed by atoms with Crippen LogP contribution in [-0.4, -0.2) is 100 Å². The molecule has 0 radical (unpaired) electrons. The molecule has 2 saturated heterocycles. The van der Waals surface area contributed by atoms with E-state index >= 15 is 0 Å². The summed E-state index contributed by atoms with van der Waals surface area (Å²) in [4.78, 5) is 14.3. The molecule has 1 aromatic rings. The second-order valence-electron chi connectivity index (χ2n) is 8.13. The van der Waals surface area contributed by atoms with Gasteiger partial charge in [-0.3, -0.25) is 0 Å². The van der Waals surface area contributed by atoms with Crippen LogP contribution in [0.5, 0.6) is 0 Å². The van der Waals surface area contributed by atoms with Gasteiger partial charge in [0.25, 0.3) is 10.2 Å². The number of nitrogens with one attached hydrogen (secondary N) is 2. The molecule has 0 amide bonds. The van der Waals surface area contributed by atoms with Gasteiger partial charge in [0.1, 0.15) is 5.82 Å². The molecular formula is C19H33N7O3S. The number of nitrogens with zero attached hydrogens (tertiary/aromatic N) is 5. The number of hydrogen-bond donors (Lipinski definition) is 2. The Bertz CT molecular complexity index is 822. The molecule has 2 aliphatic heterocycles. The quantitative estimate of drug-likeness (QED) is 0.558. The predicted molar refractivity (Wildman–Crippen MR) is 116 cm³/mol. The van der Waals surface area contributed by atoms with Crippen molar-refractivity contribution in [1.29, 1.82) is 0 Å². The predicted octanol–water partition coefficient (Wildman–Crippen LogP) is -0.314. The third-order valence-corrected chi connectivity index (χ3v) is 7.58. The molecule has 168 valence electrons. The summed E-state index contributed by atoms with van der Waals surface area (Å²) < 4.78 is 34.2. The molecule has 0 bridgehead atoms. The van der Waals surface area contributed by atoms with E-state index in [-0.39, 0.29) is 0 Å². The third-order valence-electron chi connectivity index (χ3n) is 5.97. The van der Waals surface area contributed by atoms with Crippen LogP contribution in [0.1, 0.15) is 24.1 Å². The Morgan fingerprint density at radius 2 is 1.70 bits per heavy atom. The van der Waals surface area contributed by atoms with Crippen molar-refractivity contribution in [2.45, 2.75) is 25.7 Å². The van der Waals surface area contributed by atoms with E-state index < -0.39 is 10.2 Å². The largest absolute Gasteiger partial charge is 0.379 e. The average Bonchev–Trinajstić information content (AvgIpc) is 2.77. The summed E-state index contributed by atoms with van der Waals surface area (Å²) in [6.07, 6.45) is 4.25. The lowest BCUT2D eigenvalue weighted by Gasteiger charge is -2.33. The zero-order valence-electron chi connectivity index (χ0n) is 17.8. The molecule has 0 atom stereocenters. The number of piperazine rings is 1. The first-order chi connectivity index (χ1) is 14.5. The number of aryl methyl sites for hydroxylation is 1. The normalized spacial score (nSPS) is 21.4. The van der Waals surface area contributed by atoms with Gasteiger partial charge in [-0.1, -0.05) is 0 Å². The molecule has 0 aromatic carbocycles. The van der Waals surface area contributed by atoms with Crippen LogP contribution in [0.25, 0.3) is 0 Å². The molecule has 30 heavy (non-hydrogen) atoms. The lowest BCUT2D eigenvalue weighted by atomic mass is 9.96. The lowest BCUT2D eigenvalue weighted by molar-refractivity contribution is 0.0725. The van der Waals surface area contributed by atoms with Gasteiger partial charge in [0.2, 0.25) is 5.95 Å². The van der Waals surface area contributed by atoms with Crippen LogP contribution >= 0.6 is 0 Å². The standard InChI is InChI=1S/C19H33N7O3S/c1-24-8-10-25(11-9-24)19-22-17-5-3-2-4-16(17)18(23-19)20-6-7-21-30(27,28)26-12-14-29-15-13-26/h21H,2-15H2,1H3,(H,20,22,23). The van der Waals surface area contributed by atoms with E-state index in [0.717, 1.165) is 69.3 Å². The molecule has 0 spiro atoms. The second-order valence-corrected chi connectivity index (χ2v) is 9.89. The summed E-state index contributed by atoms with van der Waals surface area (Å²) in [6, 6.07) is 0. The maximum atomic E-state index is 12.4. The molecule has 3 heterocycles. The number of rotatable bonds is 7. The van der Waals surface area contributed by atoms with Crippen molar-refractivity contribution in [2.75, 3.05) is 82.8 Å². The Morgan fingerprint density at radius 3 is 2.47 bits per heavy atom. The maximum absolute atomic E-state index is 12.4. The highest BCUT2D eigenvalue weighted by atomic mass is 32.2. The Balaban J connectivity index is 1.39. The molecule has 1 aliphatic carbocycles. The van der Waals surface area contributed by atoms with Gasteiger partial charge in [-0.05, 0) is 32.7 Å². The minimum absolute atomic E-state index is 0.308. The maximum Gasteiger partial charge on any atom is 0.279 e. The molecule has 11 heteroatoms. The highest BCUT2D eigenvalue weighted by Crippen LogP contribution is 2.28. The van der Waals surface area contributed by atoms with Crippen LogP contribution in [0.3, 0.4) is 0 Å². The van der Waals surface area contributed by atoms with Gasteiger partial charge in [0, 0.05) is 57.9 Å². The Hall–Kier alpha value is -1.53. The van der Waals surface area contributed by atoms with Crippen molar-refractivity contribution in [3.63, 3.8) is 0 Å². The fraction of sp³-hybridized carbons (Fsp3) is 0.789. The van der Waals surface area contributed by atoms with E-state index in [1.54, 1.807) is 0 Å². The van der Waals surface area contributed by atoms with Gasteiger partial charge in [-0.15, -0.1) is 0 Å². The molecular weight excluding hydrogens is 406 g/mol. The first-order valence-corrected chi connectivity index (χ1v) is 12.4. The van der Waals surface area contributed by atoms with Crippen molar-refractivity contribution in [1.82, 2.24) is 23.9 Å². The molecule has 1 aromatic heterocycles. The van der Waals surface area contributed by atoms with Gasteiger partial charge in [-0.2, -0.15) is 17.7 Å². The zero-order valence-corrected chi connectivity index (χ0v) is 18.6. The summed E-state index contributed by atoms with van der Waals surface area (Å²) >= 11 is 0. The Morgan fingerprint density at radius 1 is 0.967 bits per heavy atom. The summed E-state index contributed by atoms with van der Waals surface area (Å²) in [7, 11) is -1.33. The monoisotopic (exact) mass is 439 g/mol. The van der Waals surface area contributed by atoms with Crippen LogP contribution in [-0.2, 0) is 27.8 Å². The fourth-order valence-electron chi connectivity index (χ4n) is 4.11. The number of ether oxygens (including phenoxy) is 1. The zero-order chi connectivity index (χ0) is 21.0. The number of hydrogen-bond acceptors (Lipinski definition) is 8. The van der Waals surface area contributed by atoms with E-state index in [2.05, 4.69) is 26.9 Å². The topological polar surface area (TPSA) is 103 Å². The smallest absolute Gasteiger partial charge is 0.279 e. The first-order valence-electron chi connectivity index (χ1n) is 10.9. The molecule has 10 nitrogen and oxygen atoms in total. The third kappa shape index (κ3) is 5.20. The van der Waals surface area contributed by atoms with Crippen molar-refractivity contribution >= 4 is 22.0 Å². The molecule has 0 unspecified atom stereocenters. The number of fused-ring (bicyclic) bond motifs is 1. The molecule has 3 aliphatic rings. The van der Waals surface area contributed by atoms with E-state index in [1.807, 2.05) is 0 Å². The molecule has 0 saturated carbocycles.